The molecule has 0 radical (unpaired) electrons. The van der Waals surface area contributed by atoms with Gasteiger partial charge in [-0.15, -0.1) is 0 Å². The van der Waals surface area contributed by atoms with E-state index in [-0.39, 0.29) is 34.1 Å². The summed E-state index contributed by atoms with van der Waals surface area (Å²) in [7, 11) is 0. The standard InChI is InChI=1S/C24H28Cl2N4O3/c1-13(2)20-22(32)29-18-10-14(21(31)28-12-24(3,4)11-27)6-8-19(18)30(20)23(33)15-5-7-16(25)17(26)9-15/h5-10,13,20H,11-12,27H2,1-4H3,(H,28,31)(H,29,32). The maximum Gasteiger partial charge on any atom is 0.259 e. The molecule has 1 heterocycles. The van der Waals surface area contributed by atoms with Crippen molar-refractivity contribution in [3.05, 3.63) is 57.6 Å². The molecule has 33 heavy (non-hydrogen) atoms. The maximum absolute atomic E-state index is 13.5. The molecular formula is C24H28Cl2N4O3. The lowest BCUT2D eigenvalue weighted by Gasteiger charge is -2.38. The van der Waals surface area contributed by atoms with Crippen molar-refractivity contribution in [1.29, 1.82) is 0 Å². The fourth-order valence-corrected chi connectivity index (χ4v) is 3.86. The Morgan fingerprint density at radius 2 is 1.79 bits per heavy atom. The van der Waals surface area contributed by atoms with Crippen molar-refractivity contribution in [2.45, 2.75) is 33.7 Å². The lowest BCUT2D eigenvalue weighted by atomic mass is 9.93. The minimum atomic E-state index is -0.732. The van der Waals surface area contributed by atoms with Gasteiger partial charge in [-0.25, -0.2) is 0 Å². The highest BCUT2D eigenvalue weighted by molar-refractivity contribution is 6.42. The highest BCUT2D eigenvalue weighted by Gasteiger charge is 2.39. The molecular weight excluding hydrogens is 463 g/mol. The molecule has 3 rings (SSSR count). The lowest BCUT2D eigenvalue weighted by Crippen LogP contribution is -2.53. The summed E-state index contributed by atoms with van der Waals surface area (Å²) in [6, 6.07) is 8.74. The predicted molar refractivity (Wildman–Crippen MR) is 132 cm³/mol. The van der Waals surface area contributed by atoms with E-state index in [2.05, 4.69) is 10.6 Å². The van der Waals surface area contributed by atoms with Gasteiger partial charge < -0.3 is 16.4 Å². The third-order valence-corrected chi connectivity index (χ3v) is 6.36. The van der Waals surface area contributed by atoms with Crippen molar-refractivity contribution in [3.63, 3.8) is 0 Å². The maximum atomic E-state index is 13.5. The number of nitrogens with one attached hydrogen (secondary N) is 2. The second-order valence-corrected chi connectivity index (χ2v) is 10.1. The molecule has 0 fully saturated rings. The Morgan fingerprint density at radius 3 is 2.39 bits per heavy atom. The van der Waals surface area contributed by atoms with Crippen LogP contribution in [-0.4, -0.2) is 36.9 Å². The van der Waals surface area contributed by atoms with Crippen LogP contribution in [0.4, 0.5) is 11.4 Å². The Kier molecular flexibility index (Phi) is 7.36. The summed E-state index contributed by atoms with van der Waals surface area (Å²) in [6.45, 7) is 8.48. The number of rotatable bonds is 6. The van der Waals surface area contributed by atoms with Crippen LogP contribution in [0.2, 0.25) is 10.0 Å². The number of halogens is 2. The number of nitrogens with zero attached hydrogens (tertiary/aromatic N) is 1. The monoisotopic (exact) mass is 490 g/mol. The Labute approximate surface area is 203 Å². The van der Waals surface area contributed by atoms with Crippen molar-refractivity contribution in [1.82, 2.24) is 5.32 Å². The summed E-state index contributed by atoms with van der Waals surface area (Å²) < 4.78 is 0. The third-order valence-electron chi connectivity index (χ3n) is 5.62. The molecule has 4 N–H and O–H groups in total. The molecule has 176 valence electrons. The fraction of sp³-hybridized carbons (Fsp3) is 0.375. The molecule has 9 heteroatoms. The molecule has 0 saturated carbocycles. The van der Waals surface area contributed by atoms with Crippen molar-refractivity contribution in [2.24, 2.45) is 17.1 Å². The van der Waals surface area contributed by atoms with E-state index < -0.39 is 6.04 Å². The Bertz CT molecular complexity index is 1100. The zero-order valence-corrected chi connectivity index (χ0v) is 20.6. The van der Waals surface area contributed by atoms with Crippen LogP contribution >= 0.6 is 23.2 Å². The van der Waals surface area contributed by atoms with Crippen LogP contribution in [0.1, 0.15) is 48.4 Å². The fourth-order valence-electron chi connectivity index (χ4n) is 3.56. The average molecular weight is 491 g/mol. The van der Waals surface area contributed by atoms with Crippen molar-refractivity contribution < 1.29 is 14.4 Å². The molecule has 1 unspecified atom stereocenters. The highest BCUT2D eigenvalue weighted by atomic mass is 35.5. The van der Waals surface area contributed by atoms with Crippen molar-refractivity contribution >= 4 is 52.3 Å². The van der Waals surface area contributed by atoms with Crippen LogP contribution in [0.15, 0.2) is 36.4 Å². The van der Waals surface area contributed by atoms with Gasteiger partial charge in [-0.2, -0.15) is 0 Å². The van der Waals surface area contributed by atoms with Crippen LogP contribution in [0.5, 0.6) is 0 Å². The Hall–Kier alpha value is -2.61. The molecule has 1 aliphatic rings. The first-order chi connectivity index (χ1) is 15.4. The number of hydrogen-bond acceptors (Lipinski definition) is 4. The van der Waals surface area contributed by atoms with Gasteiger partial charge in [-0.05, 0) is 54.3 Å². The summed E-state index contributed by atoms with van der Waals surface area (Å²) in [5.74, 6) is -1.16. The molecule has 1 atom stereocenters. The van der Waals surface area contributed by atoms with Crippen LogP contribution in [-0.2, 0) is 4.79 Å². The molecule has 0 saturated heterocycles. The third kappa shape index (κ3) is 5.32. The molecule has 0 aromatic heterocycles. The topological polar surface area (TPSA) is 105 Å². The molecule has 0 spiro atoms. The number of nitrogens with two attached hydrogens (primary N) is 1. The number of carbonyl (C=O) groups is 3. The van der Waals surface area contributed by atoms with Gasteiger partial charge in [0.15, 0.2) is 0 Å². The minimum absolute atomic E-state index is 0.161. The van der Waals surface area contributed by atoms with E-state index in [0.717, 1.165) is 0 Å². The first kappa shape index (κ1) is 25.0. The van der Waals surface area contributed by atoms with Crippen molar-refractivity contribution in [2.75, 3.05) is 23.3 Å². The predicted octanol–water partition coefficient (Wildman–Crippen LogP) is 4.33. The van der Waals surface area contributed by atoms with Gasteiger partial charge in [0.25, 0.3) is 11.8 Å². The molecule has 0 bridgehead atoms. The van der Waals surface area contributed by atoms with E-state index in [0.29, 0.717) is 40.6 Å². The van der Waals surface area contributed by atoms with Gasteiger partial charge in [-0.1, -0.05) is 50.9 Å². The first-order valence-electron chi connectivity index (χ1n) is 10.7. The smallest absolute Gasteiger partial charge is 0.259 e. The van der Waals surface area contributed by atoms with E-state index in [1.807, 2.05) is 27.7 Å². The number of fused-ring (bicyclic) bond motifs is 1. The van der Waals surface area contributed by atoms with Gasteiger partial charge >= 0.3 is 0 Å². The van der Waals surface area contributed by atoms with Gasteiger partial charge in [-0.3, -0.25) is 19.3 Å². The van der Waals surface area contributed by atoms with Gasteiger partial charge in [0, 0.05) is 17.7 Å². The largest absolute Gasteiger partial charge is 0.351 e. The normalized spacial score (nSPS) is 15.8. The number of hydrogen-bond donors (Lipinski definition) is 3. The molecule has 2 aromatic carbocycles. The molecule has 3 amide bonds. The van der Waals surface area contributed by atoms with E-state index in [4.69, 9.17) is 28.9 Å². The number of benzene rings is 2. The van der Waals surface area contributed by atoms with E-state index in [9.17, 15) is 14.4 Å². The number of amides is 3. The van der Waals surface area contributed by atoms with Crippen LogP contribution in [0, 0.1) is 11.3 Å². The quantitative estimate of drug-likeness (QED) is 0.560. The second-order valence-electron chi connectivity index (χ2n) is 9.27. The summed E-state index contributed by atoms with van der Waals surface area (Å²) in [4.78, 5) is 40.6. The summed E-state index contributed by atoms with van der Waals surface area (Å²) in [5, 5.41) is 6.29. The van der Waals surface area contributed by atoms with E-state index in [1.54, 1.807) is 30.3 Å². The van der Waals surface area contributed by atoms with Crippen LogP contribution in [0.3, 0.4) is 0 Å². The highest BCUT2D eigenvalue weighted by Crippen LogP contribution is 2.37. The zero-order chi connectivity index (χ0) is 24.5. The summed E-state index contributed by atoms with van der Waals surface area (Å²) in [5.41, 5.74) is 7.05. The molecule has 0 aliphatic carbocycles. The second kappa shape index (κ2) is 9.71. The van der Waals surface area contributed by atoms with Crippen LogP contribution < -0.4 is 21.3 Å². The Morgan fingerprint density at radius 1 is 1.12 bits per heavy atom. The lowest BCUT2D eigenvalue weighted by molar-refractivity contribution is -0.118. The minimum Gasteiger partial charge on any atom is -0.351 e. The molecule has 2 aromatic rings. The van der Waals surface area contributed by atoms with Gasteiger partial charge in [0.05, 0.1) is 21.4 Å². The van der Waals surface area contributed by atoms with Crippen molar-refractivity contribution in [3.8, 4) is 0 Å². The van der Waals surface area contributed by atoms with E-state index >= 15 is 0 Å². The number of carbonyl (C=O) groups excluding carboxylic acids is 3. The van der Waals surface area contributed by atoms with Gasteiger partial charge in [0.1, 0.15) is 6.04 Å². The van der Waals surface area contributed by atoms with Crippen LogP contribution in [0.25, 0.3) is 0 Å². The summed E-state index contributed by atoms with van der Waals surface area (Å²) >= 11 is 12.1. The zero-order valence-electron chi connectivity index (χ0n) is 19.0. The average Bonchev–Trinajstić information content (AvgIpc) is 2.77. The SMILES string of the molecule is CC(C)C1C(=O)Nc2cc(C(=O)NCC(C)(C)CN)ccc2N1C(=O)c1ccc(Cl)c(Cl)c1. The first-order valence-corrected chi connectivity index (χ1v) is 11.4. The number of anilines is 2. The van der Waals surface area contributed by atoms with Gasteiger partial charge in [0.2, 0.25) is 5.91 Å². The molecule has 1 aliphatic heterocycles. The molecule has 7 nitrogen and oxygen atoms in total. The summed E-state index contributed by atoms with van der Waals surface area (Å²) in [6.07, 6.45) is 0. The van der Waals surface area contributed by atoms with E-state index in [1.165, 1.54) is 11.0 Å². The Balaban J connectivity index is 1.98.